The Morgan fingerprint density at radius 2 is 1.77 bits per heavy atom. The molecule has 1 unspecified atom stereocenters. The summed E-state index contributed by atoms with van der Waals surface area (Å²) in [5.74, 6) is -0.838. The molecule has 0 spiro atoms. The molecule has 150 valence electrons. The maximum Gasteiger partial charge on any atom is 0.232 e. The van der Waals surface area contributed by atoms with E-state index in [0.29, 0.717) is 30.5 Å². The third-order valence-corrected chi connectivity index (χ3v) is 6.33. The van der Waals surface area contributed by atoms with Gasteiger partial charge in [0.25, 0.3) is 0 Å². The number of allylic oxidation sites excluding steroid dienone is 2. The predicted molar refractivity (Wildman–Crippen MR) is 116 cm³/mol. The minimum Gasteiger partial charge on any atom is -0.294 e. The number of carbonyl (C=O) groups is 2. The molecule has 0 N–H and O–H groups in total. The summed E-state index contributed by atoms with van der Waals surface area (Å²) in [5.41, 5.74) is 2.94. The van der Waals surface area contributed by atoms with Gasteiger partial charge in [-0.15, -0.1) is 0 Å². The van der Waals surface area contributed by atoms with E-state index >= 15 is 0 Å². The van der Waals surface area contributed by atoms with Crippen LogP contribution in [0.15, 0.2) is 71.9 Å². The largest absolute Gasteiger partial charge is 0.294 e. The zero-order chi connectivity index (χ0) is 20.8. The summed E-state index contributed by atoms with van der Waals surface area (Å²) in [7, 11) is 0. The van der Waals surface area contributed by atoms with E-state index in [4.69, 9.17) is 11.6 Å². The van der Waals surface area contributed by atoms with Crippen molar-refractivity contribution >= 4 is 39.8 Å². The quantitative estimate of drug-likeness (QED) is 0.498. The zero-order valence-corrected chi connectivity index (χ0v) is 17.0. The van der Waals surface area contributed by atoms with E-state index in [2.05, 4.69) is 0 Å². The summed E-state index contributed by atoms with van der Waals surface area (Å²) < 4.78 is 13.7. The number of halogens is 2. The number of Topliss-reactive ketones (excluding diaryl/α,β-unsaturated/α-hetero) is 1. The Kier molecular flexibility index (Phi) is 4.67. The number of fused-ring (bicyclic) bond motifs is 1. The topological polar surface area (TPSA) is 37.4 Å². The van der Waals surface area contributed by atoms with Gasteiger partial charge in [-0.1, -0.05) is 54.1 Å². The van der Waals surface area contributed by atoms with Crippen molar-refractivity contribution in [3.8, 4) is 0 Å². The Morgan fingerprint density at radius 3 is 2.60 bits per heavy atom. The van der Waals surface area contributed by atoms with Crippen LogP contribution < -0.4 is 4.90 Å². The van der Waals surface area contributed by atoms with Crippen molar-refractivity contribution in [2.75, 3.05) is 4.90 Å². The molecule has 3 aromatic rings. The molecule has 3 aromatic carbocycles. The van der Waals surface area contributed by atoms with Crippen molar-refractivity contribution in [1.82, 2.24) is 0 Å². The highest BCUT2D eigenvalue weighted by Gasteiger charge is 2.40. The van der Waals surface area contributed by atoms with Crippen molar-refractivity contribution in [3.63, 3.8) is 0 Å². The van der Waals surface area contributed by atoms with Gasteiger partial charge in [-0.3, -0.25) is 14.5 Å². The second kappa shape index (κ2) is 7.37. The highest BCUT2D eigenvalue weighted by molar-refractivity contribution is 6.31. The Balaban J connectivity index is 1.71. The first-order chi connectivity index (χ1) is 14.5. The second-order valence-corrected chi connectivity index (χ2v) is 8.20. The Hall–Kier alpha value is -2.98. The van der Waals surface area contributed by atoms with E-state index in [1.54, 1.807) is 11.0 Å². The highest BCUT2D eigenvalue weighted by Crippen LogP contribution is 2.45. The van der Waals surface area contributed by atoms with Crippen LogP contribution in [0.25, 0.3) is 10.8 Å². The fourth-order valence-electron chi connectivity index (χ4n) is 4.74. The van der Waals surface area contributed by atoms with Crippen LogP contribution in [0.3, 0.4) is 0 Å². The van der Waals surface area contributed by atoms with E-state index in [-0.39, 0.29) is 29.1 Å². The minimum atomic E-state index is -0.535. The smallest absolute Gasteiger partial charge is 0.232 e. The third-order valence-electron chi connectivity index (χ3n) is 6.04. The number of anilines is 1. The molecule has 1 heterocycles. The summed E-state index contributed by atoms with van der Waals surface area (Å²) in [6.45, 7) is 0. The van der Waals surface area contributed by atoms with E-state index in [1.807, 2.05) is 42.5 Å². The normalized spacial score (nSPS) is 19.4. The van der Waals surface area contributed by atoms with Crippen LogP contribution in [-0.4, -0.2) is 11.7 Å². The standard InChI is InChI=1S/C25H19ClFNO2/c26-20-13-16(11-12-21(20)27)28-22-9-4-10-23(29)25(22)19(14-24(28)30)18-8-3-6-15-5-1-2-7-17(15)18/h1-3,5-8,11-13,19H,4,9-10,14H2. The highest BCUT2D eigenvalue weighted by atomic mass is 35.5. The van der Waals surface area contributed by atoms with E-state index in [9.17, 15) is 14.0 Å². The first-order valence-corrected chi connectivity index (χ1v) is 10.4. The fraction of sp³-hybridized carbons (Fsp3) is 0.200. The molecule has 5 heteroatoms. The summed E-state index contributed by atoms with van der Waals surface area (Å²) in [6.07, 6.45) is 1.99. The van der Waals surface area contributed by atoms with Gasteiger partial charge in [0.15, 0.2) is 5.78 Å². The van der Waals surface area contributed by atoms with E-state index in [0.717, 1.165) is 22.0 Å². The van der Waals surface area contributed by atoms with E-state index < -0.39 is 5.82 Å². The lowest BCUT2D eigenvalue weighted by molar-refractivity contribution is -0.119. The van der Waals surface area contributed by atoms with Crippen LogP contribution in [0.2, 0.25) is 5.02 Å². The molecule has 0 saturated heterocycles. The first-order valence-electron chi connectivity index (χ1n) is 10.1. The summed E-state index contributed by atoms with van der Waals surface area (Å²) in [6, 6.07) is 18.3. The minimum absolute atomic E-state index is 0.0410. The van der Waals surface area contributed by atoms with Gasteiger partial charge in [-0.25, -0.2) is 4.39 Å². The number of ketones is 1. The zero-order valence-electron chi connectivity index (χ0n) is 16.2. The van der Waals surface area contributed by atoms with Gasteiger partial charge in [0.2, 0.25) is 5.91 Å². The number of hydrogen-bond acceptors (Lipinski definition) is 2. The maximum atomic E-state index is 13.7. The molecule has 1 aliphatic heterocycles. The molecule has 0 bridgehead atoms. The van der Waals surface area contributed by atoms with Gasteiger partial charge in [0.1, 0.15) is 5.82 Å². The molecule has 30 heavy (non-hydrogen) atoms. The molecule has 1 aliphatic carbocycles. The fourth-order valence-corrected chi connectivity index (χ4v) is 4.91. The predicted octanol–water partition coefficient (Wildman–Crippen LogP) is 6.16. The van der Waals surface area contributed by atoms with Crippen molar-refractivity contribution < 1.29 is 14.0 Å². The molecule has 0 fully saturated rings. The first kappa shape index (κ1) is 19.0. The van der Waals surface area contributed by atoms with Crippen molar-refractivity contribution in [2.45, 2.75) is 31.6 Å². The monoisotopic (exact) mass is 419 g/mol. The van der Waals surface area contributed by atoms with Gasteiger partial charge in [-0.05, 0) is 47.4 Å². The van der Waals surface area contributed by atoms with Crippen molar-refractivity contribution in [1.29, 1.82) is 0 Å². The molecule has 0 saturated carbocycles. The van der Waals surface area contributed by atoms with Crippen LogP contribution in [0.5, 0.6) is 0 Å². The molecule has 3 nitrogen and oxygen atoms in total. The SMILES string of the molecule is O=C1CCCC2=C1C(c1cccc3ccccc13)CC(=O)N2c1ccc(F)c(Cl)c1. The average Bonchev–Trinajstić information content (AvgIpc) is 2.75. The lowest BCUT2D eigenvalue weighted by Gasteiger charge is -2.38. The number of benzene rings is 3. The molecular formula is C25H19ClFNO2. The van der Waals surface area contributed by atoms with Crippen molar-refractivity contribution in [3.05, 3.63) is 88.3 Å². The Labute approximate surface area is 178 Å². The molecule has 1 atom stereocenters. The van der Waals surface area contributed by atoms with Gasteiger partial charge in [-0.2, -0.15) is 0 Å². The summed E-state index contributed by atoms with van der Waals surface area (Å²) in [4.78, 5) is 28.0. The Morgan fingerprint density at radius 1 is 0.967 bits per heavy atom. The van der Waals surface area contributed by atoms with Crippen LogP contribution >= 0.6 is 11.6 Å². The van der Waals surface area contributed by atoms with Crippen LogP contribution in [0.1, 0.15) is 37.2 Å². The number of carbonyl (C=O) groups excluding carboxylic acids is 2. The van der Waals surface area contributed by atoms with Gasteiger partial charge < -0.3 is 0 Å². The van der Waals surface area contributed by atoms with Crippen LogP contribution in [0.4, 0.5) is 10.1 Å². The second-order valence-electron chi connectivity index (χ2n) is 7.79. The Bertz CT molecular complexity index is 1230. The van der Waals surface area contributed by atoms with Gasteiger partial charge in [0.05, 0.1) is 10.7 Å². The average molecular weight is 420 g/mol. The van der Waals surface area contributed by atoms with Gasteiger partial charge in [0, 0.05) is 30.0 Å². The van der Waals surface area contributed by atoms with E-state index in [1.165, 1.54) is 12.1 Å². The molecule has 0 aromatic heterocycles. The summed E-state index contributed by atoms with van der Waals surface area (Å²) in [5, 5.41) is 2.10. The lowest BCUT2D eigenvalue weighted by atomic mass is 9.76. The van der Waals surface area contributed by atoms with Crippen LogP contribution in [-0.2, 0) is 9.59 Å². The molecule has 2 aliphatic rings. The molecular weight excluding hydrogens is 401 g/mol. The maximum absolute atomic E-state index is 13.7. The number of hydrogen-bond donors (Lipinski definition) is 0. The molecule has 5 rings (SSSR count). The lowest BCUT2D eigenvalue weighted by Crippen LogP contribution is -2.40. The van der Waals surface area contributed by atoms with Gasteiger partial charge >= 0.3 is 0 Å². The number of rotatable bonds is 2. The molecule has 0 radical (unpaired) electrons. The number of nitrogens with zero attached hydrogens (tertiary/aromatic N) is 1. The summed E-state index contributed by atoms with van der Waals surface area (Å²) >= 11 is 5.98. The number of amides is 1. The molecule has 1 amide bonds. The van der Waals surface area contributed by atoms with Crippen LogP contribution in [0, 0.1) is 5.82 Å². The third kappa shape index (κ3) is 3.03. The van der Waals surface area contributed by atoms with Crippen molar-refractivity contribution in [2.24, 2.45) is 0 Å².